The van der Waals surface area contributed by atoms with E-state index in [0.29, 0.717) is 12.0 Å². The van der Waals surface area contributed by atoms with Gasteiger partial charge >= 0.3 is 0 Å². The molecule has 0 aliphatic carbocycles. The first-order valence-corrected chi connectivity index (χ1v) is 8.88. The summed E-state index contributed by atoms with van der Waals surface area (Å²) in [5.41, 5.74) is 0.780. The van der Waals surface area contributed by atoms with Crippen molar-refractivity contribution in [1.29, 1.82) is 0 Å². The Morgan fingerprint density at radius 1 is 1.23 bits per heavy atom. The quantitative estimate of drug-likeness (QED) is 0.839. The van der Waals surface area contributed by atoms with Gasteiger partial charge in [-0.15, -0.1) is 0 Å². The maximum Gasteiger partial charge on any atom is 0.251 e. The molecule has 6 nitrogen and oxygen atoms in total. The molecular formula is C15H20N2O4S. The van der Waals surface area contributed by atoms with E-state index in [2.05, 4.69) is 10.6 Å². The average Bonchev–Trinajstić information content (AvgIpc) is 2.70. The number of carbonyl (C=O) groups is 2. The van der Waals surface area contributed by atoms with Crippen LogP contribution in [0.2, 0.25) is 0 Å². The summed E-state index contributed by atoms with van der Waals surface area (Å²) in [6.07, 6.45) is 0.396. The van der Waals surface area contributed by atoms with Gasteiger partial charge in [-0.1, -0.05) is 17.7 Å². The molecule has 1 atom stereocenters. The zero-order valence-corrected chi connectivity index (χ0v) is 13.5. The molecule has 0 spiro atoms. The Labute approximate surface area is 130 Å². The molecule has 1 aromatic rings. The van der Waals surface area contributed by atoms with Crippen molar-refractivity contribution in [2.24, 2.45) is 0 Å². The summed E-state index contributed by atoms with van der Waals surface area (Å²) in [7, 11) is -3.08. The highest BCUT2D eigenvalue weighted by Gasteiger charge is 2.39. The van der Waals surface area contributed by atoms with E-state index in [-0.39, 0.29) is 29.9 Å². The minimum absolute atomic E-state index is 0.0579. The fourth-order valence-corrected chi connectivity index (χ4v) is 4.55. The van der Waals surface area contributed by atoms with Crippen LogP contribution in [0.25, 0.3) is 0 Å². The number of carbonyl (C=O) groups excluding carboxylic acids is 2. The van der Waals surface area contributed by atoms with Crippen molar-refractivity contribution in [3.05, 3.63) is 35.4 Å². The van der Waals surface area contributed by atoms with Gasteiger partial charge in [0.25, 0.3) is 5.91 Å². The van der Waals surface area contributed by atoms with Crippen molar-refractivity contribution < 1.29 is 18.0 Å². The van der Waals surface area contributed by atoms with E-state index in [1.807, 2.05) is 19.1 Å². The van der Waals surface area contributed by atoms with Gasteiger partial charge < -0.3 is 10.6 Å². The predicted molar refractivity (Wildman–Crippen MR) is 83.3 cm³/mol. The smallest absolute Gasteiger partial charge is 0.251 e. The molecule has 1 aliphatic rings. The minimum Gasteiger partial charge on any atom is -0.348 e. The largest absolute Gasteiger partial charge is 0.348 e. The highest BCUT2D eigenvalue weighted by atomic mass is 32.2. The SMILES string of the molecule is Cc1ccc(C(=O)NCC(=O)N[C@@]2(C)CCS(=O)(=O)C2)cc1. The van der Waals surface area contributed by atoms with Crippen LogP contribution < -0.4 is 10.6 Å². The van der Waals surface area contributed by atoms with Crippen molar-refractivity contribution in [2.75, 3.05) is 18.1 Å². The molecule has 1 saturated heterocycles. The lowest BCUT2D eigenvalue weighted by atomic mass is 10.0. The molecule has 0 aromatic heterocycles. The van der Waals surface area contributed by atoms with Crippen LogP contribution in [-0.2, 0) is 14.6 Å². The third kappa shape index (κ3) is 4.30. The first-order chi connectivity index (χ1) is 10.2. The van der Waals surface area contributed by atoms with E-state index in [1.54, 1.807) is 19.1 Å². The zero-order valence-electron chi connectivity index (χ0n) is 12.7. The van der Waals surface area contributed by atoms with E-state index in [0.717, 1.165) is 5.56 Å². The lowest BCUT2D eigenvalue weighted by molar-refractivity contribution is -0.121. The van der Waals surface area contributed by atoms with Crippen LogP contribution in [-0.4, -0.2) is 43.8 Å². The number of hydrogen-bond donors (Lipinski definition) is 2. The Kier molecular flexibility index (Phi) is 4.55. The van der Waals surface area contributed by atoms with Gasteiger partial charge in [0.15, 0.2) is 9.84 Å². The van der Waals surface area contributed by atoms with E-state index >= 15 is 0 Å². The molecule has 0 radical (unpaired) electrons. The molecule has 1 aromatic carbocycles. The van der Waals surface area contributed by atoms with Crippen LogP contribution in [0.5, 0.6) is 0 Å². The summed E-state index contributed by atoms with van der Waals surface area (Å²) >= 11 is 0. The number of sulfone groups is 1. The van der Waals surface area contributed by atoms with Gasteiger partial charge in [0.1, 0.15) is 0 Å². The van der Waals surface area contributed by atoms with E-state index < -0.39 is 15.4 Å². The standard InChI is InChI=1S/C15H20N2O4S/c1-11-3-5-12(6-4-11)14(19)16-9-13(18)17-15(2)7-8-22(20,21)10-15/h3-6H,7-10H2,1-2H3,(H,16,19)(H,17,18)/t15-/m0/s1. The van der Waals surface area contributed by atoms with Crippen molar-refractivity contribution in [1.82, 2.24) is 10.6 Å². The molecule has 120 valence electrons. The molecule has 2 amide bonds. The maximum atomic E-state index is 11.9. The normalized spacial score (nSPS) is 23.0. The summed E-state index contributed by atoms with van der Waals surface area (Å²) in [5.74, 6) is -0.698. The number of aryl methyl sites for hydroxylation is 1. The van der Waals surface area contributed by atoms with Gasteiger partial charge in [-0.05, 0) is 32.4 Å². The van der Waals surface area contributed by atoms with Gasteiger partial charge in [0, 0.05) is 5.56 Å². The monoisotopic (exact) mass is 324 g/mol. The summed E-state index contributed by atoms with van der Waals surface area (Å²) in [5, 5.41) is 5.22. The van der Waals surface area contributed by atoms with Crippen molar-refractivity contribution in [3.63, 3.8) is 0 Å². The molecular weight excluding hydrogens is 304 g/mol. The van der Waals surface area contributed by atoms with Gasteiger partial charge in [-0.3, -0.25) is 9.59 Å². The molecule has 1 fully saturated rings. The number of rotatable bonds is 4. The highest BCUT2D eigenvalue weighted by Crippen LogP contribution is 2.22. The second kappa shape index (κ2) is 6.08. The van der Waals surface area contributed by atoms with Gasteiger partial charge in [0.05, 0.1) is 23.6 Å². The van der Waals surface area contributed by atoms with Crippen LogP contribution in [0.1, 0.15) is 29.3 Å². The van der Waals surface area contributed by atoms with Crippen molar-refractivity contribution in [2.45, 2.75) is 25.8 Å². The lowest BCUT2D eigenvalue weighted by Gasteiger charge is -2.23. The topological polar surface area (TPSA) is 92.3 Å². The highest BCUT2D eigenvalue weighted by molar-refractivity contribution is 7.91. The first-order valence-electron chi connectivity index (χ1n) is 7.05. The third-order valence-electron chi connectivity index (χ3n) is 3.67. The number of benzene rings is 1. The molecule has 0 saturated carbocycles. The molecule has 1 aliphatic heterocycles. The molecule has 1 heterocycles. The van der Waals surface area contributed by atoms with Gasteiger partial charge in [-0.25, -0.2) is 8.42 Å². The summed E-state index contributed by atoms with van der Waals surface area (Å²) in [6.45, 7) is 3.45. The van der Waals surface area contributed by atoms with E-state index in [9.17, 15) is 18.0 Å². The lowest BCUT2D eigenvalue weighted by Crippen LogP contribution is -2.50. The molecule has 0 unspecified atom stereocenters. The molecule has 7 heteroatoms. The van der Waals surface area contributed by atoms with Crippen molar-refractivity contribution in [3.8, 4) is 0 Å². The van der Waals surface area contributed by atoms with Gasteiger partial charge in [-0.2, -0.15) is 0 Å². The van der Waals surface area contributed by atoms with Crippen LogP contribution in [0.4, 0.5) is 0 Å². The fraction of sp³-hybridized carbons (Fsp3) is 0.467. The Hall–Kier alpha value is -1.89. The predicted octanol–water partition coefficient (Wildman–Crippen LogP) is 0.418. The second-order valence-electron chi connectivity index (χ2n) is 6.00. The number of nitrogens with one attached hydrogen (secondary N) is 2. The summed E-state index contributed by atoms with van der Waals surface area (Å²) in [6, 6.07) is 7.01. The molecule has 22 heavy (non-hydrogen) atoms. The Morgan fingerprint density at radius 3 is 2.41 bits per heavy atom. The first kappa shape index (κ1) is 16.5. The average molecular weight is 324 g/mol. The fourth-order valence-electron chi connectivity index (χ4n) is 2.46. The van der Waals surface area contributed by atoms with Crippen LogP contribution >= 0.6 is 0 Å². The van der Waals surface area contributed by atoms with Crippen LogP contribution in [0, 0.1) is 6.92 Å². The second-order valence-corrected chi connectivity index (χ2v) is 8.18. The van der Waals surface area contributed by atoms with Crippen LogP contribution in [0.3, 0.4) is 0 Å². The zero-order chi connectivity index (χ0) is 16.4. The molecule has 2 N–H and O–H groups in total. The molecule has 2 rings (SSSR count). The Morgan fingerprint density at radius 2 is 1.86 bits per heavy atom. The Balaban J connectivity index is 1.85. The summed E-state index contributed by atoms with van der Waals surface area (Å²) in [4.78, 5) is 23.8. The number of amides is 2. The van der Waals surface area contributed by atoms with Crippen LogP contribution in [0.15, 0.2) is 24.3 Å². The van der Waals surface area contributed by atoms with E-state index in [1.165, 1.54) is 0 Å². The molecule has 0 bridgehead atoms. The minimum atomic E-state index is -3.08. The van der Waals surface area contributed by atoms with E-state index in [4.69, 9.17) is 0 Å². The van der Waals surface area contributed by atoms with Gasteiger partial charge in [0.2, 0.25) is 5.91 Å². The van der Waals surface area contributed by atoms with Crippen molar-refractivity contribution >= 4 is 21.7 Å². The Bertz CT molecular complexity index is 682. The number of hydrogen-bond acceptors (Lipinski definition) is 4. The maximum absolute atomic E-state index is 11.9. The summed E-state index contributed by atoms with van der Waals surface area (Å²) < 4.78 is 23.0. The third-order valence-corrected chi connectivity index (χ3v) is 5.57.